The van der Waals surface area contributed by atoms with E-state index in [1.54, 1.807) is 6.33 Å². The molecular formula is C9H15BrN4. The van der Waals surface area contributed by atoms with Crippen LogP contribution < -0.4 is 10.2 Å². The molecule has 0 fully saturated rings. The highest BCUT2D eigenvalue weighted by molar-refractivity contribution is 9.10. The van der Waals surface area contributed by atoms with E-state index in [1.807, 2.05) is 14.1 Å². The summed E-state index contributed by atoms with van der Waals surface area (Å²) in [5.41, 5.74) is 0. The molecule has 0 saturated heterocycles. The van der Waals surface area contributed by atoms with Crippen molar-refractivity contribution in [2.45, 2.75) is 19.9 Å². The summed E-state index contributed by atoms with van der Waals surface area (Å²) in [7, 11) is 3.85. The Labute approximate surface area is 92.9 Å². The average molecular weight is 259 g/mol. The van der Waals surface area contributed by atoms with Crippen LogP contribution in [-0.2, 0) is 0 Å². The monoisotopic (exact) mass is 258 g/mol. The van der Waals surface area contributed by atoms with Crippen LogP contribution in [0.2, 0.25) is 0 Å². The summed E-state index contributed by atoms with van der Waals surface area (Å²) in [6.45, 7) is 4.24. The van der Waals surface area contributed by atoms with Crippen LogP contribution in [0.1, 0.15) is 13.8 Å². The van der Waals surface area contributed by atoms with Gasteiger partial charge in [0.05, 0.1) is 0 Å². The van der Waals surface area contributed by atoms with Crippen molar-refractivity contribution in [1.82, 2.24) is 9.97 Å². The molecule has 0 aliphatic heterocycles. The van der Waals surface area contributed by atoms with Crippen LogP contribution in [0, 0.1) is 0 Å². The van der Waals surface area contributed by atoms with E-state index in [0.717, 1.165) is 16.1 Å². The summed E-state index contributed by atoms with van der Waals surface area (Å²) in [6.07, 6.45) is 1.56. The highest BCUT2D eigenvalue weighted by Crippen LogP contribution is 2.29. The van der Waals surface area contributed by atoms with Crippen LogP contribution in [0.25, 0.3) is 0 Å². The number of halogens is 1. The zero-order valence-corrected chi connectivity index (χ0v) is 10.5. The molecule has 0 atom stereocenters. The maximum absolute atomic E-state index is 4.24. The number of anilines is 2. The van der Waals surface area contributed by atoms with Crippen LogP contribution in [-0.4, -0.2) is 30.1 Å². The molecule has 0 aromatic carbocycles. The van der Waals surface area contributed by atoms with Gasteiger partial charge in [-0.2, -0.15) is 0 Å². The third kappa shape index (κ3) is 2.15. The van der Waals surface area contributed by atoms with Gasteiger partial charge in [-0.25, -0.2) is 9.97 Å². The fourth-order valence-corrected chi connectivity index (χ4v) is 1.71. The van der Waals surface area contributed by atoms with E-state index in [2.05, 4.69) is 50.0 Å². The molecule has 1 aromatic heterocycles. The van der Waals surface area contributed by atoms with Crippen molar-refractivity contribution >= 4 is 27.6 Å². The van der Waals surface area contributed by atoms with Gasteiger partial charge in [0.25, 0.3) is 0 Å². The second kappa shape index (κ2) is 4.59. The minimum absolute atomic E-state index is 0.408. The lowest BCUT2D eigenvalue weighted by atomic mass is 10.3. The van der Waals surface area contributed by atoms with Crippen LogP contribution in [0.4, 0.5) is 11.6 Å². The lowest BCUT2D eigenvalue weighted by Gasteiger charge is -2.23. The minimum atomic E-state index is 0.408. The van der Waals surface area contributed by atoms with E-state index in [1.165, 1.54) is 0 Å². The first kappa shape index (κ1) is 11.2. The normalized spacial score (nSPS) is 10.4. The molecule has 1 aromatic rings. The summed E-state index contributed by atoms with van der Waals surface area (Å²) in [4.78, 5) is 10.4. The third-order valence-corrected chi connectivity index (χ3v) is 2.85. The predicted molar refractivity (Wildman–Crippen MR) is 62.8 cm³/mol. The first-order valence-corrected chi connectivity index (χ1v) is 5.28. The molecule has 4 nitrogen and oxygen atoms in total. The van der Waals surface area contributed by atoms with E-state index in [0.29, 0.717) is 6.04 Å². The van der Waals surface area contributed by atoms with Crippen molar-refractivity contribution < 1.29 is 0 Å². The van der Waals surface area contributed by atoms with Gasteiger partial charge in [-0.15, -0.1) is 0 Å². The Balaban J connectivity index is 3.09. The second-order valence-corrected chi connectivity index (χ2v) is 4.11. The van der Waals surface area contributed by atoms with E-state index < -0.39 is 0 Å². The summed E-state index contributed by atoms with van der Waals surface area (Å²) in [5, 5.41) is 3.00. The maximum Gasteiger partial charge on any atom is 0.148 e. The molecule has 0 unspecified atom stereocenters. The van der Waals surface area contributed by atoms with Gasteiger partial charge in [-0.3, -0.25) is 0 Å². The maximum atomic E-state index is 4.24. The molecule has 0 aliphatic carbocycles. The van der Waals surface area contributed by atoms with E-state index >= 15 is 0 Å². The Morgan fingerprint density at radius 1 is 1.43 bits per heavy atom. The number of nitrogens with one attached hydrogen (secondary N) is 1. The molecular weight excluding hydrogens is 244 g/mol. The van der Waals surface area contributed by atoms with Gasteiger partial charge >= 0.3 is 0 Å². The quantitative estimate of drug-likeness (QED) is 0.902. The van der Waals surface area contributed by atoms with E-state index in [4.69, 9.17) is 0 Å². The summed E-state index contributed by atoms with van der Waals surface area (Å²) >= 11 is 3.48. The van der Waals surface area contributed by atoms with Gasteiger partial charge in [0, 0.05) is 20.1 Å². The molecule has 5 heteroatoms. The fraction of sp³-hybridized carbons (Fsp3) is 0.556. The number of hydrogen-bond acceptors (Lipinski definition) is 4. The summed E-state index contributed by atoms with van der Waals surface area (Å²) in [6, 6.07) is 0.408. The van der Waals surface area contributed by atoms with Crippen molar-refractivity contribution in [2.24, 2.45) is 0 Å². The van der Waals surface area contributed by atoms with Gasteiger partial charge in [0.2, 0.25) is 0 Å². The lowest BCUT2D eigenvalue weighted by molar-refractivity contribution is 0.739. The lowest BCUT2D eigenvalue weighted by Crippen LogP contribution is -2.27. The molecule has 0 radical (unpaired) electrons. The molecule has 0 spiro atoms. The molecule has 0 saturated carbocycles. The first-order valence-electron chi connectivity index (χ1n) is 4.49. The molecule has 14 heavy (non-hydrogen) atoms. The molecule has 1 rings (SSSR count). The number of nitrogens with zero attached hydrogens (tertiary/aromatic N) is 3. The fourth-order valence-electron chi connectivity index (χ4n) is 1.03. The molecule has 0 aliphatic rings. The van der Waals surface area contributed by atoms with E-state index in [9.17, 15) is 0 Å². The van der Waals surface area contributed by atoms with Crippen LogP contribution in [0.5, 0.6) is 0 Å². The Morgan fingerprint density at radius 3 is 2.57 bits per heavy atom. The second-order valence-electron chi connectivity index (χ2n) is 3.31. The van der Waals surface area contributed by atoms with Gasteiger partial charge in [-0.1, -0.05) is 0 Å². The topological polar surface area (TPSA) is 41.1 Å². The molecule has 1 N–H and O–H groups in total. The Kier molecular flexibility index (Phi) is 3.69. The SMILES string of the molecule is CNc1ncnc(N(C)C(C)C)c1Br. The Hall–Kier alpha value is -0.840. The molecule has 1 heterocycles. The Bertz CT molecular complexity index is 314. The third-order valence-electron chi connectivity index (χ3n) is 2.12. The zero-order chi connectivity index (χ0) is 10.7. The largest absolute Gasteiger partial charge is 0.372 e. The van der Waals surface area contributed by atoms with E-state index in [-0.39, 0.29) is 0 Å². The van der Waals surface area contributed by atoms with Crippen molar-refractivity contribution in [2.75, 3.05) is 24.3 Å². The first-order chi connectivity index (χ1) is 6.57. The van der Waals surface area contributed by atoms with Gasteiger partial charge in [0.1, 0.15) is 22.4 Å². The van der Waals surface area contributed by atoms with Crippen molar-refractivity contribution in [3.05, 3.63) is 10.8 Å². The number of hydrogen-bond donors (Lipinski definition) is 1. The predicted octanol–water partition coefficient (Wildman–Crippen LogP) is 2.13. The standard InChI is InChI=1S/C9H15BrN4/c1-6(2)14(4)9-7(10)8(11-3)12-5-13-9/h5-6H,1-4H3,(H,11,12,13). The minimum Gasteiger partial charge on any atom is -0.372 e. The van der Waals surface area contributed by atoms with Crippen LogP contribution >= 0.6 is 15.9 Å². The molecule has 0 amide bonds. The summed E-state index contributed by atoms with van der Waals surface area (Å²) < 4.78 is 0.902. The Morgan fingerprint density at radius 2 is 2.07 bits per heavy atom. The average Bonchev–Trinajstić information content (AvgIpc) is 2.17. The van der Waals surface area contributed by atoms with Crippen molar-refractivity contribution in [1.29, 1.82) is 0 Å². The van der Waals surface area contributed by atoms with Gasteiger partial charge < -0.3 is 10.2 Å². The number of aromatic nitrogens is 2. The molecule has 0 bridgehead atoms. The van der Waals surface area contributed by atoms with Crippen molar-refractivity contribution in [3.63, 3.8) is 0 Å². The smallest absolute Gasteiger partial charge is 0.148 e. The zero-order valence-electron chi connectivity index (χ0n) is 8.87. The van der Waals surface area contributed by atoms with Crippen molar-refractivity contribution in [3.8, 4) is 0 Å². The van der Waals surface area contributed by atoms with Gasteiger partial charge in [-0.05, 0) is 29.8 Å². The van der Waals surface area contributed by atoms with Gasteiger partial charge in [0.15, 0.2) is 0 Å². The molecule has 78 valence electrons. The van der Waals surface area contributed by atoms with Crippen LogP contribution in [0.3, 0.4) is 0 Å². The number of rotatable bonds is 3. The summed E-state index contributed by atoms with van der Waals surface area (Å²) in [5.74, 6) is 1.71. The highest BCUT2D eigenvalue weighted by atomic mass is 79.9. The highest BCUT2D eigenvalue weighted by Gasteiger charge is 2.13. The van der Waals surface area contributed by atoms with Crippen LogP contribution in [0.15, 0.2) is 10.8 Å².